The molecule has 5 rings (SSSR count). The molecule has 6 N–H and O–H groups in total. The molecule has 2 aromatic rings. The third kappa shape index (κ3) is 6.06. The molecule has 0 saturated carbocycles. The number of piperidine rings is 1. The van der Waals surface area contributed by atoms with E-state index in [0.717, 1.165) is 30.4 Å². The van der Waals surface area contributed by atoms with Crippen molar-refractivity contribution in [2.75, 3.05) is 12.3 Å². The number of nitrogen functional groups attached to an aromatic ring is 1. The number of amides is 2. The van der Waals surface area contributed by atoms with Crippen molar-refractivity contribution in [2.45, 2.75) is 70.2 Å². The summed E-state index contributed by atoms with van der Waals surface area (Å²) in [4.78, 5) is 36.9. The van der Waals surface area contributed by atoms with Gasteiger partial charge in [-0.05, 0) is 68.0 Å². The van der Waals surface area contributed by atoms with Gasteiger partial charge in [-0.3, -0.25) is 14.4 Å². The highest BCUT2D eigenvalue weighted by atomic mass is 16.7. The number of carbonyl (C=O) groups excluding carboxylic acids is 2. The number of rotatable bonds is 8. The van der Waals surface area contributed by atoms with Crippen LogP contribution in [0.4, 0.5) is 11.4 Å². The molecule has 2 aromatic carbocycles. The van der Waals surface area contributed by atoms with E-state index >= 15 is 0 Å². The van der Waals surface area contributed by atoms with E-state index in [4.69, 9.17) is 16.3 Å². The first-order valence-electron chi connectivity index (χ1n) is 13.4. The van der Waals surface area contributed by atoms with Crippen LogP contribution in [-0.4, -0.2) is 47.4 Å². The van der Waals surface area contributed by atoms with Crippen LogP contribution in [0, 0.1) is 0 Å². The zero-order valence-corrected chi connectivity index (χ0v) is 21.8. The third-order valence-corrected chi connectivity index (χ3v) is 7.36. The molecule has 2 bridgehead atoms. The van der Waals surface area contributed by atoms with Crippen LogP contribution in [0.2, 0.25) is 0 Å². The Balaban J connectivity index is 1.30. The van der Waals surface area contributed by atoms with Crippen LogP contribution in [-0.2, 0) is 16.2 Å². The van der Waals surface area contributed by atoms with Gasteiger partial charge in [0.25, 0.3) is 11.8 Å². The first-order chi connectivity index (χ1) is 18.4. The Morgan fingerprint density at radius 1 is 1.11 bits per heavy atom. The van der Waals surface area contributed by atoms with E-state index in [2.05, 4.69) is 15.6 Å². The largest absolute Gasteiger partial charge is 0.399 e. The summed E-state index contributed by atoms with van der Waals surface area (Å²) in [5, 5.41) is 8.18. The van der Waals surface area contributed by atoms with Gasteiger partial charge in [0.05, 0.1) is 5.69 Å². The molecule has 2 saturated heterocycles. The average molecular weight is 517 g/mol. The van der Waals surface area contributed by atoms with Gasteiger partial charge in [0, 0.05) is 53.5 Å². The van der Waals surface area contributed by atoms with E-state index in [1.54, 1.807) is 30.3 Å². The summed E-state index contributed by atoms with van der Waals surface area (Å²) in [7, 11) is 0. The summed E-state index contributed by atoms with van der Waals surface area (Å²) in [6.45, 7) is 2.67. The summed E-state index contributed by atoms with van der Waals surface area (Å²) >= 11 is 0. The zero-order chi connectivity index (χ0) is 26.6. The summed E-state index contributed by atoms with van der Waals surface area (Å²) in [5.41, 5.74) is 15.9. The van der Waals surface area contributed by atoms with Gasteiger partial charge in [0.15, 0.2) is 0 Å². The van der Waals surface area contributed by atoms with Crippen LogP contribution in [0.3, 0.4) is 0 Å². The Labute approximate surface area is 223 Å². The predicted molar refractivity (Wildman–Crippen MR) is 148 cm³/mol. The maximum absolute atomic E-state index is 13.5. The fourth-order valence-electron chi connectivity index (χ4n) is 5.47. The molecule has 3 aliphatic rings. The van der Waals surface area contributed by atoms with Crippen LogP contribution in [0.5, 0.6) is 0 Å². The highest BCUT2D eigenvalue weighted by Crippen LogP contribution is 2.30. The van der Waals surface area contributed by atoms with E-state index in [0.29, 0.717) is 47.0 Å². The lowest BCUT2D eigenvalue weighted by Gasteiger charge is -2.29. The highest BCUT2D eigenvalue weighted by Gasteiger charge is 2.34. The van der Waals surface area contributed by atoms with Crippen molar-refractivity contribution >= 4 is 35.1 Å². The molecule has 0 spiro atoms. The quantitative estimate of drug-likeness (QED) is 0.314. The van der Waals surface area contributed by atoms with Crippen LogP contribution in [0.1, 0.15) is 66.9 Å². The number of hydroxylamine groups is 2. The number of benzene rings is 2. The minimum Gasteiger partial charge on any atom is -0.399 e. The number of fused-ring (bicyclic) bond motifs is 3. The van der Waals surface area contributed by atoms with Gasteiger partial charge in [0.1, 0.15) is 12.4 Å². The number of nitrogens with one attached hydrogen (secondary N) is 2. The van der Waals surface area contributed by atoms with Crippen molar-refractivity contribution in [1.29, 1.82) is 0 Å². The Bertz CT molecular complexity index is 1240. The summed E-state index contributed by atoms with van der Waals surface area (Å²) in [6, 6.07) is 13.9. The molecule has 9 nitrogen and oxygen atoms in total. The van der Waals surface area contributed by atoms with Crippen LogP contribution in [0.15, 0.2) is 53.0 Å². The topological polar surface area (TPSA) is 135 Å². The Morgan fingerprint density at radius 2 is 1.84 bits per heavy atom. The summed E-state index contributed by atoms with van der Waals surface area (Å²) < 4.78 is 0. The molecule has 200 valence electrons. The monoisotopic (exact) mass is 516 g/mol. The lowest BCUT2D eigenvalue weighted by molar-refractivity contribution is -0.187. The predicted octanol–water partition coefficient (Wildman–Crippen LogP) is 3.43. The van der Waals surface area contributed by atoms with Gasteiger partial charge in [-0.25, -0.2) is 10.1 Å². The molecule has 2 unspecified atom stereocenters. The number of aliphatic imine (C=N–C) groups is 1. The minimum absolute atomic E-state index is 0.109. The second-order valence-corrected chi connectivity index (χ2v) is 10.4. The van der Waals surface area contributed by atoms with E-state index in [1.165, 1.54) is 17.9 Å². The maximum Gasteiger partial charge on any atom is 0.273 e. The van der Waals surface area contributed by atoms with Crippen LogP contribution < -0.4 is 22.1 Å². The Morgan fingerprint density at radius 3 is 2.55 bits per heavy atom. The number of nitrogens with zero attached hydrogens (tertiary/aromatic N) is 2. The SMILES string of the molecule is CCCN(OCc1ccc(N)cc1)C(=O)C1=Cc2ccc(C(=O)NC3CC4CCC(C3)N4)cc2N=C(N)C1. The van der Waals surface area contributed by atoms with E-state index in [9.17, 15) is 9.59 Å². The highest BCUT2D eigenvalue weighted by molar-refractivity contribution is 6.05. The lowest BCUT2D eigenvalue weighted by atomic mass is 9.99. The average Bonchev–Trinajstić information content (AvgIpc) is 3.14. The first-order valence-corrected chi connectivity index (χ1v) is 13.4. The van der Waals surface area contributed by atoms with Crippen molar-refractivity contribution in [3.8, 4) is 0 Å². The Kier molecular flexibility index (Phi) is 7.76. The second-order valence-electron chi connectivity index (χ2n) is 10.4. The molecular weight excluding hydrogens is 480 g/mol. The van der Waals surface area contributed by atoms with Crippen LogP contribution >= 0.6 is 0 Å². The molecule has 0 aliphatic carbocycles. The van der Waals surface area contributed by atoms with E-state index < -0.39 is 0 Å². The molecule has 3 aliphatic heterocycles. The smallest absolute Gasteiger partial charge is 0.273 e. The third-order valence-electron chi connectivity index (χ3n) is 7.36. The van der Waals surface area contributed by atoms with Gasteiger partial charge in [-0.2, -0.15) is 0 Å². The summed E-state index contributed by atoms with van der Waals surface area (Å²) in [6.07, 6.45) is 7.00. The second kappa shape index (κ2) is 11.4. The molecule has 9 heteroatoms. The van der Waals surface area contributed by atoms with Crippen molar-refractivity contribution in [3.05, 3.63) is 64.7 Å². The van der Waals surface area contributed by atoms with E-state index in [-0.39, 0.29) is 30.9 Å². The molecule has 2 fully saturated rings. The normalized spacial score (nSPS) is 22.1. The van der Waals surface area contributed by atoms with E-state index in [1.807, 2.05) is 25.1 Å². The molecule has 38 heavy (non-hydrogen) atoms. The number of hydrogen-bond donors (Lipinski definition) is 4. The number of nitrogens with two attached hydrogens (primary N) is 2. The Hall–Kier alpha value is -3.69. The van der Waals surface area contributed by atoms with Gasteiger partial charge in [-0.15, -0.1) is 0 Å². The molecule has 0 radical (unpaired) electrons. The maximum atomic E-state index is 13.5. The minimum atomic E-state index is -0.254. The fraction of sp³-hybridized carbons (Fsp3) is 0.414. The van der Waals surface area contributed by atoms with Crippen molar-refractivity contribution in [2.24, 2.45) is 10.7 Å². The number of anilines is 1. The molecule has 3 heterocycles. The molecule has 2 atom stereocenters. The van der Waals surface area contributed by atoms with Gasteiger partial charge < -0.3 is 22.1 Å². The van der Waals surface area contributed by atoms with Gasteiger partial charge in [-0.1, -0.05) is 25.1 Å². The first kappa shape index (κ1) is 25.9. The lowest BCUT2D eigenvalue weighted by Crippen LogP contribution is -2.48. The van der Waals surface area contributed by atoms with Crippen LogP contribution in [0.25, 0.3) is 6.08 Å². The number of hydrogen-bond acceptors (Lipinski definition) is 7. The number of carbonyl (C=O) groups is 2. The summed E-state index contributed by atoms with van der Waals surface area (Å²) in [5.74, 6) is -0.0518. The van der Waals surface area contributed by atoms with Crippen molar-refractivity contribution in [1.82, 2.24) is 15.7 Å². The van der Waals surface area contributed by atoms with Gasteiger partial charge in [0.2, 0.25) is 0 Å². The van der Waals surface area contributed by atoms with Crippen molar-refractivity contribution in [3.63, 3.8) is 0 Å². The van der Waals surface area contributed by atoms with Crippen molar-refractivity contribution < 1.29 is 14.4 Å². The number of amidine groups is 1. The molecular formula is C29H36N6O3. The fourth-order valence-corrected chi connectivity index (χ4v) is 5.47. The van der Waals surface area contributed by atoms with Gasteiger partial charge >= 0.3 is 0 Å². The standard InChI is InChI=1S/C29H36N6O3/c1-2-11-35(38-17-18-3-7-22(30)8-4-18)29(37)21-12-19-5-6-20(13-26(19)34-27(31)14-21)28(36)33-25-15-23-9-10-24(16-25)32-23/h3-8,12-13,23-25,32H,2,9-11,14-17,30H2,1H3,(H2,31,34)(H,33,36). The zero-order valence-electron chi connectivity index (χ0n) is 21.8. The molecule has 2 amide bonds. The molecule has 0 aromatic heterocycles.